The van der Waals surface area contributed by atoms with Gasteiger partial charge in [0.25, 0.3) is 0 Å². The minimum Gasteiger partial charge on any atom is -0.480 e. The van der Waals surface area contributed by atoms with Gasteiger partial charge in [0.15, 0.2) is 5.78 Å². The number of hydrogen-bond acceptors (Lipinski definition) is 9. The summed E-state index contributed by atoms with van der Waals surface area (Å²) in [5.74, 6) is 1.80. The number of methoxy groups -OCH3 is 1. The molecule has 4 aliphatic carbocycles. The van der Waals surface area contributed by atoms with Crippen LogP contribution in [0.2, 0.25) is 0 Å². The monoisotopic (exact) mass is 605 g/mol. The van der Waals surface area contributed by atoms with Crippen LogP contribution in [0, 0.1) is 40.4 Å². The molecule has 2 aliphatic heterocycles. The summed E-state index contributed by atoms with van der Waals surface area (Å²) in [5, 5.41) is 11.5. The zero-order chi connectivity index (χ0) is 31.3. The molecule has 44 heavy (non-hydrogen) atoms. The summed E-state index contributed by atoms with van der Waals surface area (Å²) in [4.78, 5) is 38.4. The van der Waals surface area contributed by atoms with E-state index in [-0.39, 0.29) is 41.2 Å². The normalized spacial score (nSPS) is 43.4. The van der Waals surface area contributed by atoms with Crippen molar-refractivity contribution in [2.45, 2.75) is 90.1 Å². The first-order valence-electron chi connectivity index (χ1n) is 16.4. The van der Waals surface area contributed by atoms with E-state index < -0.39 is 17.1 Å². The van der Waals surface area contributed by atoms with Crippen LogP contribution < -0.4 is 4.74 Å². The molecule has 11 atom stereocenters. The Labute approximate surface area is 260 Å². The predicted molar refractivity (Wildman–Crippen MR) is 163 cm³/mol. The first kappa shape index (κ1) is 30.1. The molecule has 0 amide bonds. The number of likely N-dealkylation sites (N-methyl/N-ethyl adjacent to an activating group) is 1. The van der Waals surface area contributed by atoms with Gasteiger partial charge in [-0.05, 0) is 101 Å². The van der Waals surface area contributed by atoms with Crippen molar-refractivity contribution in [2.75, 3.05) is 27.7 Å². The summed E-state index contributed by atoms with van der Waals surface area (Å²) in [6, 6.07) is 0. The third-order valence-corrected chi connectivity index (χ3v) is 13.1. The smallest absolute Gasteiger partial charge is 0.335 e. The number of aliphatic hydroxyl groups is 1. The van der Waals surface area contributed by atoms with Gasteiger partial charge in [-0.2, -0.15) is 0 Å². The molecule has 3 saturated carbocycles. The van der Waals surface area contributed by atoms with Crippen LogP contribution in [0.4, 0.5) is 0 Å². The fourth-order valence-corrected chi connectivity index (χ4v) is 10.9. The Bertz CT molecular complexity index is 1440. The number of nitrogens with zero attached hydrogens (tertiary/aromatic N) is 3. The Morgan fingerprint density at radius 1 is 1.14 bits per heavy atom. The number of Topliss-reactive ketones (excluding diaryl/α,β-unsaturated/α-hetero) is 1. The Balaban J connectivity index is 1.15. The number of carbonyl (C=O) groups is 2. The lowest BCUT2D eigenvalue weighted by Crippen LogP contribution is -2.64. The van der Waals surface area contributed by atoms with Crippen molar-refractivity contribution in [3.8, 4) is 5.88 Å². The number of epoxide rings is 1. The molecule has 0 aromatic carbocycles. The largest absolute Gasteiger partial charge is 0.480 e. The fraction of sp³-hybridized carbons (Fsp3) is 0.714. The van der Waals surface area contributed by atoms with Crippen molar-refractivity contribution in [1.82, 2.24) is 14.9 Å². The number of carbonyl (C=O) groups excluding carboxylic acids is 2. The molecule has 1 aromatic heterocycles. The maximum Gasteiger partial charge on any atom is 0.335 e. The number of rotatable bonds is 6. The maximum atomic E-state index is 14.6. The Morgan fingerprint density at radius 2 is 1.91 bits per heavy atom. The quantitative estimate of drug-likeness (QED) is 0.376. The van der Waals surface area contributed by atoms with E-state index in [1.165, 1.54) is 13.3 Å². The summed E-state index contributed by atoms with van der Waals surface area (Å²) in [6.07, 6.45) is 9.40. The minimum absolute atomic E-state index is 0.0101. The molecular weight excluding hydrogens is 558 g/mol. The second-order valence-electron chi connectivity index (χ2n) is 15.2. The van der Waals surface area contributed by atoms with Crippen molar-refractivity contribution >= 4 is 17.3 Å². The summed E-state index contributed by atoms with van der Waals surface area (Å²) < 4.78 is 17.8. The number of aliphatic hydroxyl groups excluding tert-OH is 1. The van der Waals surface area contributed by atoms with Gasteiger partial charge < -0.3 is 24.2 Å². The number of ketones is 1. The Hall–Kier alpha value is -2.62. The highest BCUT2D eigenvalue weighted by molar-refractivity contribution is 6.24. The standard InChI is InChI=1S/C35H47N3O6/c1-18-12-27(43-32(41)22(18)17-38(5)6)19(2)23-8-9-24-20-14-29-35(44-29)28(39)13-21(26-15-37-30(42-7)16-36-26)31(40)34(35,4)25(20)10-11-33(23,24)3/h13,15-16,19-20,23-25,27-29,39H,8-12,14,17H2,1-7H3/t19-,20-,23+,24-,25-,27?,28-,29+,33+,34-,35+/m0/s1. The molecule has 9 nitrogen and oxygen atoms in total. The molecule has 1 N–H and O–H groups in total. The van der Waals surface area contributed by atoms with E-state index in [4.69, 9.17) is 14.2 Å². The third kappa shape index (κ3) is 4.00. The molecule has 0 bridgehead atoms. The average molecular weight is 606 g/mol. The number of esters is 1. The van der Waals surface area contributed by atoms with Crippen LogP contribution in [-0.4, -0.2) is 83.4 Å². The topological polar surface area (TPSA) is 114 Å². The molecular formula is C35H47N3O6. The van der Waals surface area contributed by atoms with Crippen LogP contribution in [-0.2, 0) is 19.1 Å². The average Bonchev–Trinajstić information content (AvgIpc) is 3.63. The molecule has 7 rings (SSSR count). The molecule has 0 radical (unpaired) electrons. The number of aromatic nitrogens is 2. The van der Waals surface area contributed by atoms with Gasteiger partial charge in [0, 0.05) is 18.5 Å². The lowest BCUT2D eigenvalue weighted by atomic mass is 9.43. The highest BCUT2D eigenvalue weighted by Gasteiger charge is 2.81. The molecule has 1 aromatic rings. The second kappa shape index (κ2) is 10.2. The van der Waals surface area contributed by atoms with Gasteiger partial charge in [0.05, 0.1) is 42.3 Å². The van der Waals surface area contributed by atoms with Crippen LogP contribution in [0.25, 0.3) is 5.57 Å². The SMILES string of the molecule is COc1cnc(C2=C[C@H](O)[C@@]34O[C@@H]3C[C@H]3[C@@H]5CC[C@H]([C@H](C)C6CC(C)=C(CN(C)C)C(=O)O6)[C@@]5(C)CC[C@@H]3[C@@]4(C)C2=O)cn1. The second-order valence-corrected chi connectivity index (χ2v) is 15.2. The number of allylic oxidation sites excluding steroid dienone is 1. The Morgan fingerprint density at radius 3 is 2.57 bits per heavy atom. The first-order chi connectivity index (χ1) is 20.9. The lowest BCUT2D eigenvalue weighted by molar-refractivity contribution is -0.155. The molecule has 238 valence electrons. The van der Waals surface area contributed by atoms with E-state index in [0.29, 0.717) is 41.4 Å². The Kier molecular flexibility index (Phi) is 6.96. The number of ether oxygens (including phenoxy) is 3. The van der Waals surface area contributed by atoms with E-state index in [1.54, 1.807) is 12.3 Å². The predicted octanol–water partition coefficient (Wildman–Crippen LogP) is 4.25. The highest BCUT2D eigenvalue weighted by Crippen LogP contribution is 2.73. The third-order valence-electron chi connectivity index (χ3n) is 13.1. The van der Waals surface area contributed by atoms with Gasteiger partial charge in [-0.15, -0.1) is 0 Å². The van der Waals surface area contributed by atoms with Gasteiger partial charge >= 0.3 is 5.97 Å². The number of cyclic esters (lactones) is 1. The molecule has 1 saturated heterocycles. The van der Waals surface area contributed by atoms with Crippen molar-refractivity contribution in [3.05, 3.63) is 35.3 Å². The minimum atomic E-state index is -0.880. The molecule has 6 aliphatic rings. The summed E-state index contributed by atoms with van der Waals surface area (Å²) >= 11 is 0. The fourth-order valence-electron chi connectivity index (χ4n) is 10.9. The van der Waals surface area contributed by atoms with Crippen LogP contribution in [0.1, 0.15) is 71.9 Å². The lowest BCUT2D eigenvalue weighted by Gasteiger charge is -2.58. The molecule has 1 unspecified atom stereocenters. The summed E-state index contributed by atoms with van der Waals surface area (Å²) in [6.45, 7) is 9.50. The van der Waals surface area contributed by atoms with Crippen molar-refractivity contribution in [1.29, 1.82) is 0 Å². The molecule has 4 fully saturated rings. The van der Waals surface area contributed by atoms with E-state index in [0.717, 1.165) is 49.7 Å². The zero-order valence-electron chi connectivity index (χ0n) is 27.1. The van der Waals surface area contributed by atoms with Gasteiger partial charge in [0.2, 0.25) is 5.88 Å². The van der Waals surface area contributed by atoms with E-state index in [9.17, 15) is 14.7 Å². The zero-order valence-corrected chi connectivity index (χ0v) is 27.1. The van der Waals surface area contributed by atoms with Crippen molar-refractivity contribution in [2.24, 2.45) is 40.4 Å². The van der Waals surface area contributed by atoms with Gasteiger partial charge in [-0.3, -0.25) is 4.79 Å². The van der Waals surface area contributed by atoms with E-state index >= 15 is 0 Å². The van der Waals surface area contributed by atoms with Gasteiger partial charge in [-0.25, -0.2) is 14.8 Å². The van der Waals surface area contributed by atoms with E-state index in [1.807, 2.05) is 19.0 Å². The van der Waals surface area contributed by atoms with Crippen LogP contribution >= 0.6 is 0 Å². The van der Waals surface area contributed by atoms with Gasteiger partial charge in [-0.1, -0.05) is 19.4 Å². The van der Waals surface area contributed by atoms with Gasteiger partial charge in [0.1, 0.15) is 17.8 Å². The van der Waals surface area contributed by atoms with Crippen LogP contribution in [0.3, 0.4) is 0 Å². The van der Waals surface area contributed by atoms with Crippen LogP contribution in [0.5, 0.6) is 5.88 Å². The van der Waals surface area contributed by atoms with E-state index in [2.05, 4.69) is 37.7 Å². The molecule has 1 spiro atoms. The summed E-state index contributed by atoms with van der Waals surface area (Å²) in [5.41, 5.74) is 1.22. The number of hydrogen-bond donors (Lipinski definition) is 1. The molecule has 3 heterocycles. The first-order valence-corrected chi connectivity index (χ1v) is 16.4. The van der Waals surface area contributed by atoms with Crippen LogP contribution in [0.15, 0.2) is 29.6 Å². The molecule has 9 heteroatoms. The number of fused-ring (bicyclic) bond motifs is 4. The van der Waals surface area contributed by atoms with Crippen molar-refractivity contribution < 1.29 is 28.9 Å². The summed E-state index contributed by atoms with van der Waals surface area (Å²) in [7, 11) is 5.49. The maximum absolute atomic E-state index is 14.6. The van der Waals surface area contributed by atoms with Crippen molar-refractivity contribution in [3.63, 3.8) is 0 Å². The highest BCUT2D eigenvalue weighted by atomic mass is 16.6.